The lowest BCUT2D eigenvalue weighted by atomic mass is 9.99. The highest BCUT2D eigenvalue weighted by molar-refractivity contribution is 9.10. The van der Waals surface area contributed by atoms with Crippen LogP contribution in [0.3, 0.4) is 0 Å². The van der Waals surface area contributed by atoms with Crippen molar-refractivity contribution in [2.45, 2.75) is 25.8 Å². The molecule has 3 heteroatoms. The van der Waals surface area contributed by atoms with Crippen molar-refractivity contribution in [2.24, 2.45) is 5.73 Å². The summed E-state index contributed by atoms with van der Waals surface area (Å²) in [4.78, 5) is 0. The molecule has 1 unspecified atom stereocenters. The van der Waals surface area contributed by atoms with E-state index in [4.69, 9.17) is 5.73 Å². The molecule has 0 bridgehead atoms. The highest BCUT2D eigenvalue weighted by Crippen LogP contribution is 2.18. The Kier molecular flexibility index (Phi) is 4.72. The first-order valence-electron chi connectivity index (χ1n) is 6.29. The Morgan fingerprint density at radius 1 is 1.11 bits per heavy atom. The lowest BCUT2D eigenvalue weighted by molar-refractivity contribution is 0.617. The predicted molar refractivity (Wildman–Crippen MR) is 80.7 cm³/mol. The normalized spacial score (nSPS) is 12.4. The predicted octanol–water partition coefficient (Wildman–Crippen LogP) is 4.01. The van der Waals surface area contributed by atoms with Crippen molar-refractivity contribution < 1.29 is 4.39 Å². The number of hydrogen-bond acceptors (Lipinski definition) is 1. The fourth-order valence-corrected chi connectivity index (χ4v) is 2.61. The van der Waals surface area contributed by atoms with E-state index in [9.17, 15) is 4.39 Å². The molecule has 100 valence electrons. The minimum atomic E-state index is -0.240. The van der Waals surface area contributed by atoms with Gasteiger partial charge in [-0.05, 0) is 59.0 Å². The largest absolute Gasteiger partial charge is 0.327 e. The monoisotopic (exact) mass is 321 g/mol. The summed E-state index contributed by atoms with van der Waals surface area (Å²) >= 11 is 3.20. The summed E-state index contributed by atoms with van der Waals surface area (Å²) in [7, 11) is 0. The number of hydrogen-bond donors (Lipinski definition) is 1. The maximum Gasteiger partial charge on any atom is 0.137 e. The van der Waals surface area contributed by atoms with Crippen molar-refractivity contribution >= 4 is 15.9 Å². The second kappa shape index (κ2) is 6.31. The fraction of sp³-hybridized carbons (Fsp3) is 0.250. The van der Waals surface area contributed by atoms with Gasteiger partial charge in [0.15, 0.2) is 0 Å². The summed E-state index contributed by atoms with van der Waals surface area (Å²) in [5.74, 6) is -0.240. The average Bonchev–Trinajstić information content (AvgIpc) is 2.34. The molecule has 0 aliphatic rings. The van der Waals surface area contributed by atoms with Crippen molar-refractivity contribution in [2.75, 3.05) is 0 Å². The first-order chi connectivity index (χ1) is 9.04. The van der Waals surface area contributed by atoms with Crippen LogP contribution in [-0.4, -0.2) is 6.04 Å². The van der Waals surface area contributed by atoms with Crippen molar-refractivity contribution in [3.05, 3.63) is 69.4 Å². The number of benzene rings is 2. The third-order valence-electron chi connectivity index (χ3n) is 3.06. The zero-order chi connectivity index (χ0) is 13.8. The molecule has 0 spiro atoms. The fourth-order valence-electron chi connectivity index (χ4n) is 2.18. The van der Waals surface area contributed by atoms with Crippen LogP contribution in [0.5, 0.6) is 0 Å². The number of nitrogens with two attached hydrogens (primary N) is 1. The van der Waals surface area contributed by atoms with Crippen LogP contribution in [0.25, 0.3) is 0 Å². The average molecular weight is 322 g/mol. The molecular formula is C16H17BrFN. The van der Waals surface area contributed by atoms with Gasteiger partial charge in [0, 0.05) is 6.04 Å². The molecule has 0 radical (unpaired) electrons. The number of aryl methyl sites for hydroxylation is 1. The maximum absolute atomic E-state index is 13.1. The molecule has 2 N–H and O–H groups in total. The van der Waals surface area contributed by atoms with Crippen molar-refractivity contribution in [1.29, 1.82) is 0 Å². The van der Waals surface area contributed by atoms with Crippen LogP contribution in [0.4, 0.5) is 4.39 Å². The molecule has 0 fully saturated rings. The molecule has 2 aromatic carbocycles. The van der Waals surface area contributed by atoms with Crippen LogP contribution in [0.2, 0.25) is 0 Å². The van der Waals surface area contributed by atoms with E-state index in [-0.39, 0.29) is 11.9 Å². The summed E-state index contributed by atoms with van der Waals surface area (Å²) in [5.41, 5.74) is 9.71. The van der Waals surface area contributed by atoms with Gasteiger partial charge in [0.05, 0.1) is 4.47 Å². The first kappa shape index (κ1) is 14.2. The van der Waals surface area contributed by atoms with E-state index in [0.29, 0.717) is 4.47 Å². The van der Waals surface area contributed by atoms with Gasteiger partial charge in [-0.2, -0.15) is 0 Å². The Bertz CT molecular complexity index is 568. The zero-order valence-electron chi connectivity index (χ0n) is 10.9. The van der Waals surface area contributed by atoms with Gasteiger partial charge in [0.2, 0.25) is 0 Å². The standard InChI is InChI=1S/C16H17BrFN/c1-11-3-2-4-12(7-11)8-14(19)9-13-5-6-16(18)15(17)10-13/h2-7,10,14H,8-9,19H2,1H3. The summed E-state index contributed by atoms with van der Waals surface area (Å²) < 4.78 is 13.6. The summed E-state index contributed by atoms with van der Waals surface area (Å²) in [5, 5.41) is 0. The maximum atomic E-state index is 13.1. The van der Waals surface area contributed by atoms with E-state index >= 15 is 0 Å². The highest BCUT2D eigenvalue weighted by atomic mass is 79.9. The molecule has 2 aromatic rings. The second-order valence-electron chi connectivity index (χ2n) is 4.91. The van der Waals surface area contributed by atoms with Gasteiger partial charge in [-0.3, -0.25) is 0 Å². The molecule has 19 heavy (non-hydrogen) atoms. The first-order valence-corrected chi connectivity index (χ1v) is 7.09. The van der Waals surface area contributed by atoms with Crippen LogP contribution in [0.15, 0.2) is 46.9 Å². The Hall–Kier alpha value is -1.19. The van der Waals surface area contributed by atoms with Gasteiger partial charge in [-0.1, -0.05) is 35.9 Å². The molecule has 1 atom stereocenters. The molecule has 0 heterocycles. The van der Waals surface area contributed by atoms with Crippen molar-refractivity contribution in [1.82, 2.24) is 0 Å². The molecule has 2 rings (SSSR count). The molecule has 0 amide bonds. The Labute approximate surface area is 121 Å². The molecule has 1 nitrogen and oxygen atoms in total. The minimum Gasteiger partial charge on any atom is -0.327 e. The van der Waals surface area contributed by atoms with Crippen LogP contribution in [0, 0.1) is 12.7 Å². The minimum absolute atomic E-state index is 0.0409. The van der Waals surface area contributed by atoms with Gasteiger partial charge in [-0.15, -0.1) is 0 Å². The van der Waals surface area contributed by atoms with E-state index in [2.05, 4.69) is 41.1 Å². The second-order valence-corrected chi connectivity index (χ2v) is 5.76. The quantitative estimate of drug-likeness (QED) is 0.904. The van der Waals surface area contributed by atoms with E-state index in [1.807, 2.05) is 6.07 Å². The highest BCUT2D eigenvalue weighted by Gasteiger charge is 2.07. The lowest BCUT2D eigenvalue weighted by Gasteiger charge is -2.12. The van der Waals surface area contributed by atoms with E-state index in [1.165, 1.54) is 17.2 Å². The number of halogens is 2. The Morgan fingerprint density at radius 2 is 1.79 bits per heavy atom. The summed E-state index contributed by atoms with van der Waals surface area (Å²) in [6.45, 7) is 2.08. The molecule has 0 saturated carbocycles. The van der Waals surface area contributed by atoms with Crippen molar-refractivity contribution in [3.63, 3.8) is 0 Å². The van der Waals surface area contributed by atoms with Crippen LogP contribution >= 0.6 is 15.9 Å². The lowest BCUT2D eigenvalue weighted by Crippen LogP contribution is -2.25. The summed E-state index contributed by atoms with van der Waals surface area (Å²) in [6, 6.07) is 13.5. The SMILES string of the molecule is Cc1cccc(CC(N)Cc2ccc(F)c(Br)c2)c1. The van der Waals surface area contributed by atoms with E-state index in [1.54, 1.807) is 12.1 Å². The molecule has 0 aliphatic heterocycles. The van der Waals surface area contributed by atoms with Crippen LogP contribution in [-0.2, 0) is 12.8 Å². The summed E-state index contributed by atoms with van der Waals surface area (Å²) in [6.07, 6.45) is 1.57. The van der Waals surface area contributed by atoms with Crippen LogP contribution < -0.4 is 5.73 Å². The molecular weight excluding hydrogens is 305 g/mol. The zero-order valence-corrected chi connectivity index (χ0v) is 12.5. The Morgan fingerprint density at radius 3 is 2.42 bits per heavy atom. The molecule has 0 aromatic heterocycles. The molecule has 0 saturated heterocycles. The van der Waals surface area contributed by atoms with E-state index < -0.39 is 0 Å². The van der Waals surface area contributed by atoms with Crippen LogP contribution in [0.1, 0.15) is 16.7 Å². The van der Waals surface area contributed by atoms with Gasteiger partial charge in [0.25, 0.3) is 0 Å². The Balaban J connectivity index is 2.01. The van der Waals surface area contributed by atoms with Gasteiger partial charge in [0.1, 0.15) is 5.82 Å². The number of rotatable bonds is 4. The molecule has 0 aliphatic carbocycles. The van der Waals surface area contributed by atoms with Gasteiger partial charge in [-0.25, -0.2) is 4.39 Å². The van der Waals surface area contributed by atoms with Gasteiger partial charge >= 0.3 is 0 Å². The van der Waals surface area contributed by atoms with Gasteiger partial charge < -0.3 is 5.73 Å². The van der Waals surface area contributed by atoms with E-state index in [0.717, 1.165) is 18.4 Å². The third-order valence-corrected chi connectivity index (χ3v) is 3.67. The topological polar surface area (TPSA) is 26.0 Å². The third kappa shape index (κ3) is 4.15. The van der Waals surface area contributed by atoms with Crippen molar-refractivity contribution in [3.8, 4) is 0 Å². The smallest absolute Gasteiger partial charge is 0.137 e.